The Balaban J connectivity index is 2.04. The van der Waals surface area contributed by atoms with E-state index in [1.54, 1.807) is 0 Å². The normalized spacial score (nSPS) is 10.4. The molecule has 84 valence electrons. The molecule has 0 bridgehead atoms. The monoisotopic (exact) mass is 327 g/mol. The zero-order valence-electron chi connectivity index (χ0n) is 9.38. The second-order valence-electron chi connectivity index (χ2n) is 3.88. The van der Waals surface area contributed by atoms with Crippen LogP contribution in [0.1, 0.15) is 16.9 Å². The molecular weight excluding hydrogens is 313 g/mol. The molecule has 3 heteroatoms. The molecule has 2 rings (SSSR count). The third kappa shape index (κ3) is 2.78. The van der Waals surface area contributed by atoms with Crippen molar-refractivity contribution in [3.63, 3.8) is 0 Å². The molecule has 1 heterocycles. The summed E-state index contributed by atoms with van der Waals surface area (Å²) in [4.78, 5) is 0. The van der Waals surface area contributed by atoms with Crippen LogP contribution in [0.2, 0.25) is 0 Å². The number of aryl methyl sites for hydroxylation is 2. The van der Waals surface area contributed by atoms with Gasteiger partial charge in [-0.05, 0) is 60.2 Å². The van der Waals surface area contributed by atoms with Gasteiger partial charge in [-0.1, -0.05) is 17.7 Å². The Bertz CT molecular complexity index is 490. The highest BCUT2D eigenvalue weighted by atomic mass is 127. The van der Waals surface area contributed by atoms with Gasteiger partial charge < -0.3 is 9.73 Å². The highest BCUT2D eigenvalue weighted by Crippen LogP contribution is 2.18. The predicted molar refractivity (Wildman–Crippen MR) is 74.7 cm³/mol. The lowest BCUT2D eigenvalue weighted by Crippen LogP contribution is -1.99. The molecule has 16 heavy (non-hydrogen) atoms. The van der Waals surface area contributed by atoms with E-state index in [2.05, 4.69) is 60.0 Å². The molecule has 0 amide bonds. The van der Waals surface area contributed by atoms with E-state index in [0.717, 1.165) is 21.8 Å². The minimum absolute atomic E-state index is 0.729. The van der Waals surface area contributed by atoms with Gasteiger partial charge in [-0.25, -0.2) is 0 Å². The predicted octanol–water partition coefficient (Wildman–Crippen LogP) is 4.11. The van der Waals surface area contributed by atoms with Crippen molar-refractivity contribution in [1.82, 2.24) is 0 Å². The Kier molecular flexibility index (Phi) is 3.53. The molecule has 0 aliphatic heterocycles. The van der Waals surface area contributed by atoms with Crippen LogP contribution in [0.5, 0.6) is 0 Å². The summed E-state index contributed by atoms with van der Waals surface area (Å²) >= 11 is 2.17. The first-order valence-electron chi connectivity index (χ1n) is 5.20. The molecule has 0 aliphatic rings. The van der Waals surface area contributed by atoms with E-state index >= 15 is 0 Å². The maximum atomic E-state index is 5.49. The lowest BCUT2D eigenvalue weighted by atomic mass is 10.1. The number of hydrogen-bond acceptors (Lipinski definition) is 2. The van der Waals surface area contributed by atoms with Crippen LogP contribution in [0.3, 0.4) is 0 Å². The average Bonchev–Trinajstić information content (AvgIpc) is 2.63. The number of anilines is 1. The van der Waals surface area contributed by atoms with Gasteiger partial charge in [-0.15, -0.1) is 0 Å². The fraction of sp³-hybridized carbons (Fsp3) is 0.231. The smallest absolute Gasteiger partial charge is 0.164 e. The van der Waals surface area contributed by atoms with Crippen molar-refractivity contribution in [2.75, 3.05) is 5.32 Å². The molecule has 0 radical (unpaired) electrons. The molecule has 1 aromatic heterocycles. The first-order valence-corrected chi connectivity index (χ1v) is 6.28. The van der Waals surface area contributed by atoms with E-state index < -0.39 is 0 Å². The van der Waals surface area contributed by atoms with Gasteiger partial charge in [-0.3, -0.25) is 0 Å². The summed E-state index contributed by atoms with van der Waals surface area (Å²) in [5, 5.41) is 3.37. The standard InChI is InChI=1S/C13H14INO/c1-9-3-5-12(10(2)7-9)15-8-11-4-6-13(14)16-11/h3-7,15H,8H2,1-2H3. The molecule has 1 N–H and O–H groups in total. The molecule has 0 aliphatic carbocycles. The van der Waals surface area contributed by atoms with Crippen molar-refractivity contribution in [3.8, 4) is 0 Å². The maximum absolute atomic E-state index is 5.49. The molecule has 2 aromatic rings. The Hall–Kier alpha value is -0.970. The van der Waals surface area contributed by atoms with Gasteiger partial charge in [0.1, 0.15) is 5.76 Å². The van der Waals surface area contributed by atoms with Crippen molar-refractivity contribution in [2.24, 2.45) is 0 Å². The zero-order valence-corrected chi connectivity index (χ0v) is 11.5. The van der Waals surface area contributed by atoms with Crippen LogP contribution in [0.25, 0.3) is 0 Å². The Morgan fingerprint density at radius 3 is 2.62 bits per heavy atom. The Labute approximate surface area is 109 Å². The Morgan fingerprint density at radius 2 is 2.00 bits per heavy atom. The lowest BCUT2D eigenvalue weighted by Gasteiger charge is -2.08. The lowest BCUT2D eigenvalue weighted by molar-refractivity contribution is 0.493. The summed E-state index contributed by atoms with van der Waals surface area (Å²) < 4.78 is 6.42. The van der Waals surface area contributed by atoms with Gasteiger partial charge in [-0.2, -0.15) is 0 Å². The number of benzene rings is 1. The van der Waals surface area contributed by atoms with E-state index in [-0.39, 0.29) is 0 Å². The second kappa shape index (κ2) is 4.91. The number of nitrogens with one attached hydrogen (secondary N) is 1. The highest BCUT2D eigenvalue weighted by Gasteiger charge is 2.01. The molecular formula is C13H14INO. The van der Waals surface area contributed by atoms with Crippen LogP contribution in [0.4, 0.5) is 5.69 Å². The van der Waals surface area contributed by atoms with Crippen molar-refractivity contribution < 1.29 is 4.42 Å². The SMILES string of the molecule is Cc1ccc(NCc2ccc(I)o2)c(C)c1. The molecule has 1 aromatic carbocycles. The van der Waals surface area contributed by atoms with Gasteiger partial charge >= 0.3 is 0 Å². The topological polar surface area (TPSA) is 25.2 Å². The van der Waals surface area contributed by atoms with E-state index in [4.69, 9.17) is 4.42 Å². The van der Waals surface area contributed by atoms with Crippen LogP contribution in [-0.2, 0) is 6.54 Å². The summed E-state index contributed by atoms with van der Waals surface area (Å²) in [5.74, 6) is 0.962. The van der Waals surface area contributed by atoms with Crippen LogP contribution in [-0.4, -0.2) is 0 Å². The number of halogens is 1. The van der Waals surface area contributed by atoms with Crippen LogP contribution < -0.4 is 5.32 Å². The summed E-state index contributed by atoms with van der Waals surface area (Å²) in [6.07, 6.45) is 0. The van der Waals surface area contributed by atoms with Crippen molar-refractivity contribution >= 4 is 28.3 Å². The number of furan rings is 1. The maximum Gasteiger partial charge on any atom is 0.164 e. The second-order valence-corrected chi connectivity index (χ2v) is 4.94. The summed E-state index contributed by atoms with van der Waals surface area (Å²) in [7, 11) is 0. The summed E-state index contributed by atoms with van der Waals surface area (Å²) in [6, 6.07) is 10.4. The highest BCUT2D eigenvalue weighted by molar-refractivity contribution is 14.1. The first kappa shape index (κ1) is 11.5. The average molecular weight is 327 g/mol. The quantitative estimate of drug-likeness (QED) is 0.858. The Morgan fingerprint density at radius 1 is 1.19 bits per heavy atom. The van der Waals surface area contributed by atoms with Gasteiger partial charge in [0, 0.05) is 5.69 Å². The van der Waals surface area contributed by atoms with Crippen LogP contribution >= 0.6 is 22.6 Å². The molecule has 0 saturated heterocycles. The fourth-order valence-corrected chi connectivity index (χ4v) is 2.10. The van der Waals surface area contributed by atoms with Gasteiger partial charge in [0.05, 0.1) is 6.54 Å². The minimum Gasteiger partial charge on any atom is -0.454 e. The van der Waals surface area contributed by atoms with Crippen LogP contribution in [0, 0.1) is 17.6 Å². The molecule has 0 spiro atoms. The third-order valence-corrected chi connectivity index (χ3v) is 3.04. The molecule has 0 saturated carbocycles. The van der Waals surface area contributed by atoms with Crippen molar-refractivity contribution in [3.05, 3.63) is 51.0 Å². The number of hydrogen-bond donors (Lipinski definition) is 1. The van der Waals surface area contributed by atoms with Gasteiger partial charge in [0.15, 0.2) is 3.77 Å². The van der Waals surface area contributed by atoms with Crippen molar-refractivity contribution in [2.45, 2.75) is 20.4 Å². The molecule has 0 fully saturated rings. The molecule has 0 unspecified atom stereocenters. The van der Waals surface area contributed by atoms with E-state index in [0.29, 0.717) is 0 Å². The first-order chi connectivity index (χ1) is 7.65. The third-order valence-electron chi connectivity index (χ3n) is 2.46. The van der Waals surface area contributed by atoms with Gasteiger partial charge in [0.25, 0.3) is 0 Å². The van der Waals surface area contributed by atoms with E-state index in [9.17, 15) is 0 Å². The van der Waals surface area contributed by atoms with E-state index in [1.165, 1.54) is 11.1 Å². The fourth-order valence-electron chi connectivity index (χ4n) is 1.64. The zero-order chi connectivity index (χ0) is 11.5. The minimum atomic E-state index is 0.729. The molecule has 2 nitrogen and oxygen atoms in total. The largest absolute Gasteiger partial charge is 0.454 e. The van der Waals surface area contributed by atoms with Crippen molar-refractivity contribution in [1.29, 1.82) is 0 Å². The molecule has 0 atom stereocenters. The van der Waals surface area contributed by atoms with E-state index in [1.807, 2.05) is 12.1 Å². The summed E-state index contributed by atoms with van der Waals surface area (Å²) in [6.45, 7) is 4.94. The van der Waals surface area contributed by atoms with Gasteiger partial charge in [0.2, 0.25) is 0 Å². The summed E-state index contributed by atoms with van der Waals surface area (Å²) in [5.41, 5.74) is 3.72. The number of rotatable bonds is 3. The van der Waals surface area contributed by atoms with Crippen LogP contribution in [0.15, 0.2) is 34.7 Å².